The summed E-state index contributed by atoms with van der Waals surface area (Å²) in [5.41, 5.74) is 0. The molecule has 0 fully saturated rings. The van der Waals surface area contributed by atoms with E-state index in [-0.39, 0.29) is 0 Å². The summed E-state index contributed by atoms with van der Waals surface area (Å²) < 4.78 is 11.2. The zero-order valence-corrected chi connectivity index (χ0v) is 9.89. The maximum absolute atomic E-state index is 5.72. The van der Waals surface area contributed by atoms with Gasteiger partial charge >= 0.3 is 8.56 Å². The van der Waals surface area contributed by atoms with Gasteiger partial charge in [0.1, 0.15) is 0 Å². The minimum Gasteiger partial charge on any atom is -0.524 e. The first-order chi connectivity index (χ1) is 6.05. The molecule has 0 aromatic rings. The van der Waals surface area contributed by atoms with Crippen molar-refractivity contribution >= 4 is 8.56 Å². The van der Waals surface area contributed by atoms with Crippen LogP contribution < -0.4 is 0 Å². The molecule has 0 aromatic heterocycles. The lowest BCUT2D eigenvalue weighted by Crippen LogP contribution is -2.34. The second-order valence-corrected chi connectivity index (χ2v) is 6.40. The summed E-state index contributed by atoms with van der Waals surface area (Å²) >= 11 is 0. The Kier molecular flexibility index (Phi) is 5.52. The molecule has 0 spiro atoms. The SMILES string of the molecule is C#CCO[Si](C)(C)O/C(=C/C)CC. The van der Waals surface area contributed by atoms with E-state index in [0.717, 1.165) is 12.2 Å². The van der Waals surface area contributed by atoms with Crippen molar-refractivity contribution in [3.8, 4) is 12.3 Å². The van der Waals surface area contributed by atoms with Crippen molar-refractivity contribution in [1.82, 2.24) is 0 Å². The number of rotatable bonds is 5. The molecule has 3 heteroatoms. The van der Waals surface area contributed by atoms with E-state index in [2.05, 4.69) is 12.8 Å². The Labute approximate surface area is 82.2 Å². The molecular formula is C10H18O2Si. The molecule has 0 rings (SSSR count). The van der Waals surface area contributed by atoms with E-state index in [1.54, 1.807) is 0 Å². The summed E-state index contributed by atoms with van der Waals surface area (Å²) in [5.74, 6) is 3.43. The molecule has 0 saturated heterocycles. The quantitative estimate of drug-likeness (QED) is 0.384. The first-order valence-corrected chi connectivity index (χ1v) is 7.29. The van der Waals surface area contributed by atoms with Gasteiger partial charge in [0.2, 0.25) is 0 Å². The summed E-state index contributed by atoms with van der Waals surface area (Å²) in [5, 5.41) is 0. The molecule has 0 N–H and O–H groups in total. The zero-order chi connectivity index (χ0) is 10.3. The van der Waals surface area contributed by atoms with Crippen molar-refractivity contribution in [1.29, 1.82) is 0 Å². The summed E-state index contributed by atoms with van der Waals surface area (Å²) in [4.78, 5) is 0. The topological polar surface area (TPSA) is 18.5 Å². The van der Waals surface area contributed by atoms with E-state index in [4.69, 9.17) is 15.3 Å². The third-order valence-electron chi connectivity index (χ3n) is 1.55. The molecule has 0 atom stereocenters. The van der Waals surface area contributed by atoms with Crippen LogP contribution in [0.25, 0.3) is 0 Å². The standard InChI is InChI=1S/C10H18O2Si/c1-6-9-11-13(4,5)12-10(7-2)8-3/h1,7H,8-9H2,2-5H3/b10-7+. The van der Waals surface area contributed by atoms with Gasteiger partial charge in [0, 0.05) is 6.42 Å². The second kappa shape index (κ2) is 5.84. The lowest BCUT2D eigenvalue weighted by atomic mass is 10.4. The fourth-order valence-electron chi connectivity index (χ4n) is 0.896. The summed E-state index contributed by atoms with van der Waals surface area (Å²) in [7, 11) is -2.04. The highest BCUT2D eigenvalue weighted by Crippen LogP contribution is 2.14. The number of hydrogen-bond donors (Lipinski definition) is 0. The van der Waals surface area contributed by atoms with Gasteiger partial charge in [-0.15, -0.1) is 6.42 Å². The van der Waals surface area contributed by atoms with Crippen LogP contribution in [0.5, 0.6) is 0 Å². The van der Waals surface area contributed by atoms with Gasteiger partial charge in [0.25, 0.3) is 0 Å². The number of terminal acetylenes is 1. The highest BCUT2D eigenvalue weighted by Gasteiger charge is 2.26. The van der Waals surface area contributed by atoms with E-state index in [0.29, 0.717) is 6.61 Å². The molecule has 0 heterocycles. The molecule has 0 radical (unpaired) electrons. The van der Waals surface area contributed by atoms with Gasteiger partial charge in [0.15, 0.2) is 0 Å². The van der Waals surface area contributed by atoms with Crippen LogP contribution in [0, 0.1) is 12.3 Å². The molecule has 13 heavy (non-hydrogen) atoms. The summed E-state index contributed by atoms with van der Waals surface area (Å²) in [6.07, 6.45) is 7.97. The van der Waals surface area contributed by atoms with Crippen LogP contribution in [-0.2, 0) is 8.85 Å². The molecule has 0 unspecified atom stereocenters. The predicted molar refractivity (Wildman–Crippen MR) is 57.4 cm³/mol. The molecule has 0 aliphatic carbocycles. The third kappa shape index (κ3) is 5.51. The van der Waals surface area contributed by atoms with Gasteiger partial charge in [-0.2, -0.15) is 0 Å². The largest absolute Gasteiger partial charge is 0.524 e. The van der Waals surface area contributed by atoms with Crippen molar-refractivity contribution < 1.29 is 8.85 Å². The van der Waals surface area contributed by atoms with Gasteiger partial charge in [-0.05, 0) is 20.0 Å². The smallest absolute Gasteiger partial charge is 0.392 e. The Bertz CT molecular complexity index is 213. The first kappa shape index (κ1) is 12.3. The van der Waals surface area contributed by atoms with Crippen LogP contribution in [0.2, 0.25) is 13.1 Å². The fraction of sp³-hybridized carbons (Fsp3) is 0.600. The van der Waals surface area contributed by atoms with Crippen LogP contribution in [0.1, 0.15) is 20.3 Å². The molecule has 0 bridgehead atoms. The minimum atomic E-state index is -2.04. The molecular weight excluding hydrogens is 180 g/mol. The Hall–Kier alpha value is -0.723. The molecule has 0 aliphatic rings. The average Bonchev–Trinajstić information content (AvgIpc) is 2.11. The number of allylic oxidation sites excluding steroid dienone is 2. The summed E-state index contributed by atoms with van der Waals surface area (Å²) in [6.45, 7) is 8.33. The van der Waals surface area contributed by atoms with Crippen molar-refractivity contribution in [3.05, 3.63) is 11.8 Å². The molecule has 0 aliphatic heterocycles. The van der Waals surface area contributed by atoms with Crippen molar-refractivity contribution in [2.75, 3.05) is 6.61 Å². The van der Waals surface area contributed by atoms with E-state index in [1.807, 2.05) is 26.1 Å². The molecule has 2 nitrogen and oxygen atoms in total. The van der Waals surface area contributed by atoms with E-state index < -0.39 is 8.56 Å². The number of hydrogen-bond acceptors (Lipinski definition) is 2. The van der Waals surface area contributed by atoms with Gasteiger partial charge < -0.3 is 8.85 Å². The van der Waals surface area contributed by atoms with Gasteiger partial charge in [-0.3, -0.25) is 0 Å². The van der Waals surface area contributed by atoms with Crippen molar-refractivity contribution in [2.24, 2.45) is 0 Å². The van der Waals surface area contributed by atoms with Crippen molar-refractivity contribution in [3.63, 3.8) is 0 Å². The Morgan fingerprint density at radius 3 is 2.54 bits per heavy atom. The molecule has 74 valence electrons. The second-order valence-electron chi connectivity index (χ2n) is 3.10. The van der Waals surface area contributed by atoms with E-state index in [9.17, 15) is 0 Å². The Morgan fingerprint density at radius 2 is 2.15 bits per heavy atom. The van der Waals surface area contributed by atoms with E-state index >= 15 is 0 Å². The van der Waals surface area contributed by atoms with Crippen LogP contribution >= 0.6 is 0 Å². The van der Waals surface area contributed by atoms with Crippen LogP contribution in [0.4, 0.5) is 0 Å². The Morgan fingerprint density at radius 1 is 1.54 bits per heavy atom. The van der Waals surface area contributed by atoms with Crippen LogP contribution in [-0.4, -0.2) is 15.2 Å². The van der Waals surface area contributed by atoms with Crippen LogP contribution in [0.15, 0.2) is 11.8 Å². The van der Waals surface area contributed by atoms with E-state index in [1.165, 1.54) is 0 Å². The third-order valence-corrected chi connectivity index (χ3v) is 3.14. The Balaban J connectivity index is 4.08. The predicted octanol–water partition coefficient (Wildman–Crippen LogP) is 2.67. The lowest BCUT2D eigenvalue weighted by molar-refractivity contribution is 0.239. The maximum atomic E-state index is 5.72. The maximum Gasteiger partial charge on any atom is 0.392 e. The zero-order valence-electron chi connectivity index (χ0n) is 8.89. The van der Waals surface area contributed by atoms with Crippen LogP contribution in [0.3, 0.4) is 0 Å². The highest BCUT2D eigenvalue weighted by molar-refractivity contribution is 6.64. The monoisotopic (exact) mass is 198 g/mol. The first-order valence-electron chi connectivity index (χ1n) is 4.47. The molecule has 0 saturated carbocycles. The van der Waals surface area contributed by atoms with Gasteiger partial charge in [-0.25, -0.2) is 0 Å². The minimum absolute atomic E-state index is 0.333. The fourth-order valence-corrected chi connectivity index (χ4v) is 2.28. The van der Waals surface area contributed by atoms with Crippen molar-refractivity contribution in [2.45, 2.75) is 33.4 Å². The van der Waals surface area contributed by atoms with Gasteiger partial charge in [0.05, 0.1) is 12.4 Å². The molecule has 0 amide bonds. The highest BCUT2D eigenvalue weighted by atomic mass is 28.4. The van der Waals surface area contributed by atoms with Gasteiger partial charge in [-0.1, -0.05) is 18.9 Å². The molecule has 0 aromatic carbocycles. The normalized spacial score (nSPS) is 12.4. The summed E-state index contributed by atoms with van der Waals surface area (Å²) in [6, 6.07) is 0. The average molecular weight is 198 g/mol. The lowest BCUT2D eigenvalue weighted by Gasteiger charge is -2.24.